The Hall–Kier alpha value is -0.830. The van der Waals surface area contributed by atoms with Gasteiger partial charge in [0.1, 0.15) is 6.23 Å². The summed E-state index contributed by atoms with van der Waals surface area (Å²) in [6.45, 7) is 8.31. The topological polar surface area (TPSA) is 47.6 Å². The van der Waals surface area contributed by atoms with Crippen LogP contribution in [-0.2, 0) is 4.74 Å². The summed E-state index contributed by atoms with van der Waals surface area (Å²) in [5, 5.41) is 0. The monoisotopic (exact) mass is 170 g/mol. The number of allylic oxidation sites excluding steroid dienone is 2. The van der Waals surface area contributed by atoms with Crippen molar-refractivity contribution in [2.75, 3.05) is 6.61 Å². The molecule has 0 saturated carbocycles. The Kier molecular flexibility index (Phi) is 5.37. The van der Waals surface area contributed by atoms with Gasteiger partial charge in [-0.15, -0.1) is 0 Å². The highest BCUT2D eigenvalue weighted by atomic mass is 16.5. The normalized spacial score (nSPS) is 16.3. The molecule has 0 amide bonds. The summed E-state index contributed by atoms with van der Waals surface area (Å²) >= 11 is 0. The minimum atomic E-state index is -0.0794. The summed E-state index contributed by atoms with van der Waals surface area (Å²) in [4.78, 5) is 4.15. The van der Waals surface area contributed by atoms with Crippen LogP contribution >= 0.6 is 0 Å². The lowest BCUT2D eigenvalue weighted by Crippen LogP contribution is -2.05. The molecule has 0 aliphatic rings. The number of ether oxygens (including phenoxy) is 1. The van der Waals surface area contributed by atoms with Gasteiger partial charge in [0.05, 0.1) is 0 Å². The second-order valence-corrected chi connectivity index (χ2v) is 2.70. The van der Waals surface area contributed by atoms with Gasteiger partial charge in [-0.3, -0.25) is 4.99 Å². The van der Waals surface area contributed by atoms with Crippen molar-refractivity contribution in [3.63, 3.8) is 0 Å². The van der Waals surface area contributed by atoms with Crippen LogP contribution in [-0.4, -0.2) is 19.0 Å². The predicted octanol–water partition coefficient (Wildman–Crippen LogP) is 1.69. The van der Waals surface area contributed by atoms with E-state index in [4.69, 9.17) is 10.5 Å². The quantitative estimate of drug-likeness (QED) is 0.653. The number of hydrogen-bond acceptors (Lipinski definition) is 3. The van der Waals surface area contributed by atoms with Crippen LogP contribution < -0.4 is 5.73 Å². The third kappa shape index (κ3) is 4.91. The van der Waals surface area contributed by atoms with Crippen LogP contribution in [0.25, 0.3) is 0 Å². The molecule has 0 spiro atoms. The average molecular weight is 170 g/mol. The molecule has 0 aromatic carbocycles. The first-order valence-corrected chi connectivity index (χ1v) is 4.15. The number of aliphatic imine (C=N–C) groups is 1. The summed E-state index contributed by atoms with van der Waals surface area (Å²) in [6, 6.07) is 0. The van der Waals surface area contributed by atoms with E-state index >= 15 is 0 Å². The van der Waals surface area contributed by atoms with Crippen molar-refractivity contribution in [3.8, 4) is 0 Å². The second-order valence-electron chi connectivity index (χ2n) is 2.70. The third-order valence-electron chi connectivity index (χ3n) is 1.51. The average Bonchev–Trinajstić information content (AvgIpc) is 2.00. The highest BCUT2D eigenvalue weighted by Gasteiger charge is 1.94. The third-order valence-corrected chi connectivity index (χ3v) is 1.51. The molecule has 12 heavy (non-hydrogen) atoms. The van der Waals surface area contributed by atoms with Crippen molar-refractivity contribution in [2.24, 2.45) is 10.7 Å². The maximum Gasteiger partial charge on any atom is 0.145 e. The van der Waals surface area contributed by atoms with E-state index in [2.05, 4.69) is 4.99 Å². The Bertz CT molecular complexity index is 181. The summed E-state index contributed by atoms with van der Waals surface area (Å²) in [5.74, 6) is 0. The van der Waals surface area contributed by atoms with Crippen molar-refractivity contribution in [2.45, 2.75) is 33.9 Å². The maximum absolute atomic E-state index is 5.54. The predicted molar refractivity (Wildman–Crippen MR) is 52.1 cm³/mol. The van der Waals surface area contributed by atoms with E-state index in [-0.39, 0.29) is 6.23 Å². The van der Waals surface area contributed by atoms with Crippen LogP contribution in [0.3, 0.4) is 0 Å². The molecule has 0 fully saturated rings. The van der Waals surface area contributed by atoms with E-state index < -0.39 is 0 Å². The van der Waals surface area contributed by atoms with Gasteiger partial charge in [-0.25, -0.2) is 0 Å². The van der Waals surface area contributed by atoms with E-state index in [1.54, 1.807) is 6.21 Å². The number of nitrogens with zero attached hydrogens (tertiary/aromatic N) is 1. The van der Waals surface area contributed by atoms with Gasteiger partial charge in [0.25, 0.3) is 0 Å². The van der Waals surface area contributed by atoms with Crippen molar-refractivity contribution in [3.05, 3.63) is 11.3 Å². The molecule has 0 aliphatic carbocycles. The van der Waals surface area contributed by atoms with Crippen molar-refractivity contribution < 1.29 is 4.74 Å². The van der Waals surface area contributed by atoms with Crippen molar-refractivity contribution in [1.82, 2.24) is 0 Å². The molecule has 3 heteroatoms. The first kappa shape index (κ1) is 11.2. The van der Waals surface area contributed by atoms with Crippen LogP contribution in [0, 0.1) is 0 Å². The molecule has 0 saturated heterocycles. The van der Waals surface area contributed by atoms with Gasteiger partial charge in [-0.2, -0.15) is 0 Å². The molecule has 0 aliphatic heterocycles. The van der Waals surface area contributed by atoms with E-state index in [1.807, 2.05) is 27.7 Å². The fourth-order valence-electron chi connectivity index (χ4n) is 0.603. The van der Waals surface area contributed by atoms with Gasteiger partial charge in [-0.1, -0.05) is 0 Å². The Morgan fingerprint density at radius 2 is 2.17 bits per heavy atom. The van der Waals surface area contributed by atoms with Crippen LogP contribution in [0.2, 0.25) is 0 Å². The molecule has 0 bridgehead atoms. The fraction of sp³-hybridized carbons (Fsp3) is 0.667. The zero-order valence-corrected chi connectivity index (χ0v) is 8.29. The van der Waals surface area contributed by atoms with Crippen LogP contribution in [0.1, 0.15) is 27.7 Å². The molecule has 3 nitrogen and oxygen atoms in total. The maximum atomic E-state index is 5.54. The zero-order valence-electron chi connectivity index (χ0n) is 8.29. The minimum Gasteiger partial charge on any atom is -0.402 e. The molecular weight excluding hydrogens is 152 g/mol. The fourth-order valence-corrected chi connectivity index (χ4v) is 0.603. The largest absolute Gasteiger partial charge is 0.402 e. The number of rotatable bonds is 4. The molecule has 1 unspecified atom stereocenters. The van der Waals surface area contributed by atoms with Crippen LogP contribution in [0.15, 0.2) is 16.3 Å². The Morgan fingerprint density at radius 1 is 1.58 bits per heavy atom. The van der Waals surface area contributed by atoms with Crippen LogP contribution in [0.4, 0.5) is 0 Å². The highest BCUT2D eigenvalue weighted by Crippen LogP contribution is 1.96. The minimum absolute atomic E-state index is 0.0794. The number of hydrogen-bond donors (Lipinski definition) is 1. The van der Waals surface area contributed by atoms with E-state index in [1.165, 1.54) is 0 Å². The molecule has 0 rings (SSSR count). The second kappa shape index (κ2) is 5.77. The SMILES string of the molecule is CCOC(C)/N=C\C(C)=C(/C)N. The summed E-state index contributed by atoms with van der Waals surface area (Å²) in [6.07, 6.45) is 1.67. The van der Waals surface area contributed by atoms with Crippen molar-refractivity contribution >= 4 is 6.21 Å². The molecule has 1 atom stereocenters. The molecule has 0 heterocycles. The summed E-state index contributed by atoms with van der Waals surface area (Å²) in [5.41, 5.74) is 7.33. The lowest BCUT2D eigenvalue weighted by Gasteiger charge is -2.04. The van der Waals surface area contributed by atoms with Gasteiger partial charge in [0.2, 0.25) is 0 Å². The summed E-state index contributed by atoms with van der Waals surface area (Å²) in [7, 11) is 0. The van der Waals surface area contributed by atoms with Gasteiger partial charge in [0, 0.05) is 18.5 Å². The Labute approximate surface area is 74.3 Å². The highest BCUT2D eigenvalue weighted by molar-refractivity contribution is 5.78. The summed E-state index contributed by atoms with van der Waals surface area (Å²) < 4.78 is 5.21. The van der Waals surface area contributed by atoms with E-state index in [0.29, 0.717) is 6.61 Å². The first-order valence-electron chi connectivity index (χ1n) is 4.15. The van der Waals surface area contributed by atoms with E-state index in [0.717, 1.165) is 11.3 Å². The lowest BCUT2D eigenvalue weighted by molar-refractivity contribution is 0.0835. The zero-order chi connectivity index (χ0) is 9.56. The standard InChI is InChI=1S/C9H18N2O/c1-5-12-9(4)11-6-7(2)8(3)10/h6,9H,5,10H2,1-4H3/b8-7+,11-6-. The van der Waals surface area contributed by atoms with Gasteiger partial charge >= 0.3 is 0 Å². The molecule has 0 aromatic heterocycles. The van der Waals surface area contributed by atoms with Crippen LogP contribution in [0.5, 0.6) is 0 Å². The molecule has 2 N–H and O–H groups in total. The Balaban J connectivity index is 3.98. The molecule has 70 valence electrons. The van der Waals surface area contributed by atoms with Crippen molar-refractivity contribution in [1.29, 1.82) is 0 Å². The number of nitrogens with two attached hydrogens (primary N) is 1. The molecular formula is C9H18N2O. The first-order chi connectivity index (χ1) is 5.57. The van der Waals surface area contributed by atoms with E-state index in [9.17, 15) is 0 Å². The lowest BCUT2D eigenvalue weighted by atomic mass is 10.3. The molecule has 0 aromatic rings. The molecule has 0 radical (unpaired) electrons. The Morgan fingerprint density at radius 3 is 2.58 bits per heavy atom. The van der Waals surface area contributed by atoms with Gasteiger partial charge < -0.3 is 10.5 Å². The smallest absolute Gasteiger partial charge is 0.145 e. The van der Waals surface area contributed by atoms with Gasteiger partial charge in [0.15, 0.2) is 0 Å². The van der Waals surface area contributed by atoms with Gasteiger partial charge in [-0.05, 0) is 33.3 Å².